The Morgan fingerprint density at radius 1 is 1.44 bits per heavy atom. The predicted molar refractivity (Wildman–Crippen MR) is 65.5 cm³/mol. The summed E-state index contributed by atoms with van der Waals surface area (Å²) in [4.78, 5) is 2.33. The molecular weight excluding hydrogens is 200 g/mol. The Labute approximate surface area is 97.1 Å². The molecule has 0 amide bonds. The summed E-state index contributed by atoms with van der Waals surface area (Å²) in [6, 6.07) is 4.60. The molecule has 0 spiro atoms. The average Bonchev–Trinajstić information content (AvgIpc) is 2.39. The maximum atomic E-state index is 4.15. The van der Waals surface area contributed by atoms with Crippen LogP contribution in [0.1, 0.15) is 19.8 Å². The number of anilines is 1. The van der Waals surface area contributed by atoms with Crippen LogP contribution in [0.2, 0.25) is 0 Å². The van der Waals surface area contributed by atoms with Gasteiger partial charge in [0.05, 0.1) is 0 Å². The highest BCUT2D eigenvalue weighted by Gasteiger charge is 2.23. The van der Waals surface area contributed by atoms with Crippen LogP contribution in [0, 0.1) is 5.92 Å². The summed E-state index contributed by atoms with van der Waals surface area (Å²) in [6.45, 7) is 4.45. The summed E-state index contributed by atoms with van der Waals surface area (Å²) in [5, 5.41) is 11.4. The van der Waals surface area contributed by atoms with Gasteiger partial charge in [0.1, 0.15) is 0 Å². The van der Waals surface area contributed by atoms with E-state index in [4.69, 9.17) is 0 Å². The van der Waals surface area contributed by atoms with Crippen LogP contribution in [0.4, 0.5) is 5.82 Å². The van der Waals surface area contributed by atoms with Crippen LogP contribution in [0.15, 0.2) is 18.3 Å². The van der Waals surface area contributed by atoms with Gasteiger partial charge >= 0.3 is 0 Å². The normalized spacial score (nSPS) is 19.8. The van der Waals surface area contributed by atoms with Gasteiger partial charge in [-0.25, -0.2) is 0 Å². The van der Waals surface area contributed by atoms with Crippen molar-refractivity contribution in [1.29, 1.82) is 0 Å². The molecule has 1 aliphatic heterocycles. The number of rotatable bonds is 3. The number of piperidine rings is 1. The second kappa shape index (κ2) is 5.25. The summed E-state index contributed by atoms with van der Waals surface area (Å²) in [6.07, 6.45) is 4.19. The number of hydrogen-bond acceptors (Lipinski definition) is 4. The first-order valence-electron chi connectivity index (χ1n) is 6.01. The zero-order valence-corrected chi connectivity index (χ0v) is 10.1. The smallest absolute Gasteiger partial charge is 0.151 e. The Hall–Kier alpha value is -1.16. The van der Waals surface area contributed by atoms with Crippen LogP contribution in [0.25, 0.3) is 0 Å². The Bertz CT molecular complexity index is 306. The van der Waals surface area contributed by atoms with Crippen molar-refractivity contribution in [3.63, 3.8) is 0 Å². The van der Waals surface area contributed by atoms with E-state index in [9.17, 15) is 0 Å². The molecule has 1 unspecified atom stereocenters. The molecular formula is C12H20N4. The molecule has 16 heavy (non-hydrogen) atoms. The minimum Gasteiger partial charge on any atom is -0.355 e. The number of nitrogens with zero attached hydrogens (tertiary/aromatic N) is 3. The summed E-state index contributed by atoms with van der Waals surface area (Å²) in [7, 11) is 2.04. The quantitative estimate of drug-likeness (QED) is 0.833. The van der Waals surface area contributed by atoms with Crippen molar-refractivity contribution in [3.05, 3.63) is 18.3 Å². The van der Waals surface area contributed by atoms with Crippen LogP contribution in [0.5, 0.6) is 0 Å². The molecule has 1 aliphatic rings. The standard InChI is InChI=1S/C12H20N4/c1-10(13-2)11-5-8-16(9-6-11)12-4-3-7-14-15-12/h3-4,7,10-11,13H,5-6,8-9H2,1-2H3. The molecule has 1 atom stereocenters. The zero-order chi connectivity index (χ0) is 11.4. The highest BCUT2D eigenvalue weighted by atomic mass is 15.3. The van der Waals surface area contributed by atoms with Gasteiger partial charge in [0.15, 0.2) is 5.82 Å². The van der Waals surface area contributed by atoms with Crippen LogP contribution >= 0.6 is 0 Å². The van der Waals surface area contributed by atoms with Crippen molar-refractivity contribution < 1.29 is 0 Å². The van der Waals surface area contributed by atoms with Gasteiger partial charge in [0.25, 0.3) is 0 Å². The Morgan fingerprint density at radius 3 is 2.75 bits per heavy atom. The van der Waals surface area contributed by atoms with E-state index in [-0.39, 0.29) is 0 Å². The molecule has 2 heterocycles. The zero-order valence-electron chi connectivity index (χ0n) is 10.1. The number of hydrogen-bond donors (Lipinski definition) is 1. The van der Waals surface area contributed by atoms with Crippen LogP contribution in [-0.4, -0.2) is 36.4 Å². The maximum Gasteiger partial charge on any atom is 0.151 e. The Balaban J connectivity index is 1.91. The third-order valence-corrected chi connectivity index (χ3v) is 3.58. The number of aromatic nitrogens is 2. The van der Waals surface area contributed by atoms with Crippen LogP contribution in [0.3, 0.4) is 0 Å². The molecule has 4 heteroatoms. The molecule has 0 bridgehead atoms. The van der Waals surface area contributed by atoms with Gasteiger partial charge < -0.3 is 10.2 Å². The molecule has 1 aromatic heterocycles. The first-order valence-corrected chi connectivity index (χ1v) is 6.01. The molecule has 0 radical (unpaired) electrons. The minimum absolute atomic E-state index is 0.615. The van der Waals surface area contributed by atoms with E-state index in [0.29, 0.717) is 6.04 Å². The summed E-state index contributed by atoms with van der Waals surface area (Å²) in [5.74, 6) is 1.80. The average molecular weight is 220 g/mol. The van der Waals surface area contributed by atoms with E-state index >= 15 is 0 Å². The van der Waals surface area contributed by atoms with Crippen molar-refractivity contribution in [1.82, 2.24) is 15.5 Å². The van der Waals surface area contributed by atoms with Gasteiger partial charge in [-0.2, -0.15) is 5.10 Å². The van der Waals surface area contributed by atoms with Gasteiger partial charge in [-0.1, -0.05) is 0 Å². The Morgan fingerprint density at radius 2 is 2.19 bits per heavy atom. The first kappa shape index (κ1) is 11.3. The summed E-state index contributed by atoms with van der Waals surface area (Å²) >= 11 is 0. The minimum atomic E-state index is 0.615. The van der Waals surface area contributed by atoms with E-state index in [1.807, 2.05) is 19.2 Å². The number of nitrogens with one attached hydrogen (secondary N) is 1. The lowest BCUT2D eigenvalue weighted by Crippen LogP contribution is -2.41. The molecule has 2 rings (SSSR count). The molecule has 88 valence electrons. The van der Waals surface area contributed by atoms with Crippen molar-refractivity contribution in [2.24, 2.45) is 5.92 Å². The third kappa shape index (κ3) is 2.50. The maximum absolute atomic E-state index is 4.15. The van der Waals surface area contributed by atoms with Gasteiger partial charge in [0, 0.05) is 25.3 Å². The molecule has 1 aromatic rings. The molecule has 1 fully saturated rings. The highest BCUT2D eigenvalue weighted by Crippen LogP contribution is 2.23. The third-order valence-electron chi connectivity index (χ3n) is 3.58. The topological polar surface area (TPSA) is 41.0 Å². The molecule has 1 N–H and O–H groups in total. The molecule has 0 saturated carbocycles. The predicted octanol–water partition coefficient (Wildman–Crippen LogP) is 1.30. The largest absolute Gasteiger partial charge is 0.355 e. The van der Waals surface area contributed by atoms with Crippen molar-refractivity contribution >= 4 is 5.82 Å². The van der Waals surface area contributed by atoms with Crippen LogP contribution in [-0.2, 0) is 0 Å². The summed E-state index contributed by atoms with van der Waals surface area (Å²) < 4.78 is 0. The Kier molecular flexibility index (Phi) is 3.72. The molecule has 0 aromatic carbocycles. The van der Waals surface area contributed by atoms with Gasteiger partial charge in [0.2, 0.25) is 0 Å². The monoisotopic (exact) mass is 220 g/mol. The lowest BCUT2D eigenvalue weighted by atomic mass is 9.90. The van der Waals surface area contributed by atoms with E-state index in [0.717, 1.165) is 24.8 Å². The highest BCUT2D eigenvalue weighted by molar-refractivity contribution is 5.36. The lowest BCUT2D eigenvalue weighted by molar-refractivity contribution is 0.322. The fourth-order valence-electron chi connectivity index (χ4n) is 2.33. The van der Waals surface area contributed by atoms with Gasteiger partial charge in [-0.3, -0.25) is 0 Å². The lowest BCUT2D eigenvalue weighted by Gasteiger charge is -2.35. The fourth-order valence-corrected chi connectivity index (χ4v) is 2.33. The van der Waals surface area contributed by atoms with E-state index in [1.54, 1.807) is 6.20 Å². The molecule has 0 aliphatic carbocycles. The molecule has 4 nitrogen and oxygen atoms in total. The second-order valence-electron chi connectivity index (χ2n) is 4.48. The fraction of sp³-hybridized carbons (Fsp3) is 0.667. The SMILES string of the molecule is CNC(C)C1CCN(c2cccnn2)CC1. The van der Waals surface area contributed by atoms with Crippen molar-refractivity contribution in [2.45, 2.75) is 25.8 Å². The van der Waals surface area contributed by atoms with Gasteiger partial charge in [-0.05, 0) is 44.9 Å². The van der Waals surface area contributed by atoms with Crippen molar-refractivity contribution in [2.75, 3.05) is 25.0 Å². The van der Waals surface area contributed by atoms with Crippen LogP contribution < -0.4 is 10.2 Å². The second-order valence-corrected chi connectivity index (χ2v) is 4.48. The first-order chi connectivity index (χ1) is 7.81. The van der Waals surface area contributed by atoms with E-state index in [2.05, 4.69) is 27.3 Å². The molecule has 1 saturated heterocycles. The summed E-state index contributed by atoms with van der Waals surface area (Å²) in [5.41, 5.74) is 0. The van der Waals surface area contributed by atoms with Crippen molar-refractivity contribution in [3.8, 4) is 0 Å². The van der Waals surface area contributed by atoms with E-state index < -0.39 is 0 Å². The van der Waals surface area contributed by atoms with E-state index in [1.165, 1.54) is 12.8 Å². The van der Waals surface area contributed by atoms with Gasteiger partial charge in [-0.15, -0.1) is 5.10 Å².